The molecule has 2 saturated heterocycles. The van der Waals surface area contributed by atoms with Crippen molar-refractivity contribution in [2.75, 3.05) is 6.54 Å². The van der Waals surface area contributed by atoms with Crippen LogP contribution < -0.4 is 16.2 Å². The van der Waals surface area contributed by atoms with Gasteiger partial charge in [-0.2, -0.15) is 0 Å². The topological polar surface area (TPSA) is 90.5 Å². The fourth-order valence-corrected chi connectivity index (χ4v) is 4.63. The van der Waals surface area contributed by atoms with E-state index in [1.165, 1.54) is 0 Å². The number of hydrogen-bond acceptors (Lipinski definition) is 4. The smallest absolute Gasteiger partial charge is 0.335 e. The Morgan fingerprint density at radius 3 is 2.83 bits per heavy atom. The fraction of sp³-hybridized carbons (Fsp3) is 0.529. The predicted molar refractivity (Wildman–Crippen MR) is 83.8 cm³/mol. The van der Waals surface area contributed by atoms with Gasteiger partial charge in [0, 0.05) is 25.0 Å². The van der Waals surface area contributed by atoms with Crippen LogP contribution in [-0.2, 0) is 4.79 Å². The highest BCUT2D eigenvalue weighted by Crippen LogP contribution is 2.44. The summed E-state index contributed by atoms with van der Waals surface area (Å²) in [6.07, 6.45) is 2.29. The van der Waals surface area contributed by atoms with E-state index in [2.05, 4.69) is 16.2 Å². The van der Waals surface area contributed by atoms with Crippen LogP contribution >= 0.6 is 0 Å². The molecule has 3 aliphatic rings. The van der Waals surface area contributed by atoms with Crippen LogP contribution in [0, 0.1) is 11.8 Å². The molecule has 3 fully saturated rings. The summed E-state index contributed by atoms with van der Waals surface area (Å²) in [5.41, 5.74) is 7.64. The number of amides is 1. The Bertz CT molecular complexity index is 648. The van der Waals surface area contributed by atoms with Crippen LogP contribution in [0.2, 0.25) is 0 Å². The highest BCUT2D eigenvalue weighted by molar-refractivity contribution is 5.90. The Balaban J connectivity index is 1.69. The number of aromatic carboxylic acids is 1. The maximum atomic E-state index is 12.2. The third-order valence-electron chi connectivity index (χ3n) is 5.68. The summed E-state index contributed by atoms with van der Waals surface area (Å²) < 4.78 is 0. The van der Waals surface area contributed by atoms with Crippen molar-refractivity contribution in [1.82, 2.24) is 16.2 Å². The minimum atomic E-state index is -0.916. The van der Waals surface area contributed by atoms with Gasteiger partial charge in [0.15, 0.2) is 0 Å². The van der Waals surface area contributed by atoms with Crippen molar-refractivity contribution in [1.29, 1.82) is 0 Å². The first-order valence-corrected chi connectivity index (χ1v) is 8.23. The van der Waals surface area contributed by atoms with Crippen molar-refractivity contribution in [2.24, 2.45) is 11.8 Å². The van der Waals surface area contributed by atoms with Crippen LogP contribution in [0.1, 0.15) is 41.1 Å². The van der Waals surface area contributed by atoms with Gasteiger partial charge in [0.05, 0.1) is 5.56 Å². The van der Waals surface area contributed by atoms with Gasteiger partial charge in [0.25, 0.3) is 0 Å². The van der Waals surface area contributed by atoms with Crippen molar-refractivity contribution in [3.05, 3.63) is 35.4 Å². The van der Waals surface area contributed by atoms with Crippen LogP contribution in [0.3, 0.4) is 0 Å². The number of rotatable bonds is 2. The van der Waals surface area contributed by atoms with Gasteiger partial charge in [-0.1, -0.05) is 18.2 Å². The van der Waals surface area contributed by atoms with E-state index in [0.29, 0.717) is 29.9 Å². The fourth-order valence-electron chi connectivity index (χ4n) is 4.63. The zero-order valence-corrected chi connectivity index (χ0v) is 12.8. The summed E-state index contributed by atoms with van der Waals surface area (Å²) >= 11 is 0. The van der Waals surface area contributed by atoms with Crippen LogP contribution in [0.25, 0.3) is 0 Å². The van der Waals surface area contributed by atoms with Gasteiger partial charge < -0.3 is 10.4 Å². The number of hydrogen-bond donors (Lipinski definition) is 4. The minimum Gasteiger partial charge on any atom is -0.478 e. The molecule has 1 aromatic carbocycles. The molecule has 1 saturated carbocycles. The number of hydrazine groups is 1. The number of benzene rings is 1. The first kappa shape index (κ1) is 14.7. The molecule has 1 aromatic rings. The molecule has 6 nitrogen and oxygen atoms in total. The second-order valence-electron chi connectivity index (χ2n) is 6.90. The minimum absolute atomic E-state index is 0.0115. The van der Waals surface area contributed by atoms with Crippen molar-refractivity contribution >= 4 is 11.9 Å². The summed E-state index contributed by atoms with van der Waals surface area (Å²) in [5, 5.41) is 12.6. The number of carbonyl (C=O) groups excluding carboxylic acids is 1. The third-order valence-corrected chi connectivity index (χ3v) is 5.68. The summed E-state index contributed by atoms with van der Waals surface area (Å²) in [6.45, 7) is 0.940. The zero-order chi connectivity index (χ0) is 16.0. The van der Waals surface area contributed by atoms with Gasteiger partial charge in [0.2, 0.25) is 5.91 Å². The molecular weight excluding hydrogens is 294 g/mol. The molecular formula is C17H21N3O3. The molecule has 1 amide bonds. The predicted octanol–water partition coefficient (Wildman–Crippen LogP) is 0.859. The maximum Gasteiger partial charge on any atom is 0.335 e. The van der Waals surface area contributed by atoms with Crippen molar-refractivity contribution in [2.45, 2.75) is 37.3 Å². The van der Waals surface area contributed by atoms with Crippen LogP contribution in [0.15, 0.2) is 24.3 Å². The van der Waals surface area contributed by atoms with E-state index < -0.39 is 5.97 Å². The Labute approximate surface area is 134 Å². The first-order chi connectivity index (χ1) is 11.1. The molecule has 2 aliphatic heterocycles. The van der Waals surface area contributed by atoms with Crippen molar-refractivity contribution < 1.29 is 14.7 Å². The summed E-state index contributed by atoms with van der Waals surface area (Å²) in [6, 6.07) is 7.65. The Hall–Kier alpha value is -1.92. The van der Waals surface area contributed by atoms with Gasteiger partial charge in [-0.3, -0.25) is 15.6 Å². The van der Waals surface area contributed by atoms with Crippen molar-refractivity contribution in [3.8, 4) is 0 Å². The Morgan fingerprint density at radius 1 is 1.17 bits per heavy atom. The highest BCUT2D eigenvalue weighted by Gasteiger charge is 2.46. The average Bonchev–Trinajstić information content (AvgIpc) is 2.99. The lowest BCUT2D eigenvalue weighted by Gasteiger charge is -2.45. The lowest BCUT2D eigenvalue weighted by atomic mass is 9.65. The number of nitrogens with one attached hydrogen (secondary N) is 3. The second-order valence-corrected chi connectivity index (χ2v) is 6.90. The van der Waals surface area contributed by atoms with Crippen LogP contribution in [0.5, 0.6) is 0 Å². The Morgan fingerprint density at radius 2 is 2.00 bits per heavy atom. The summed E-state index contributed by atoms with van der Waals surface area (Å²) in [4.78, 5) is 23.7. The normalized spacial score (nSPS) is 36.0. The maximum absolute atomic E-state index is 12.2. The molecule has 2 heterocycles. The molecule has 6 heteroatoms. The van der Waals surface area contributed by atoms with Gasteiger partial charge in [-0.05, 0) is 42.2 Å². The molecule has 4 N–H and O–H groups in total. The van der Waals surface area contributed by atoms with Crippen LogP contribution in [-0.4, -0.2) is 35.6 Å². The SMILES string of the molecule is O=C1CC(c2ccccc2C(=O)O)C2CC3CNNC3CC2N1. The van der Waals surface area contributed by atoms with Gasteiger partial charge in [0.1, 0.15) is 0 Å². The molecule has 122 valence electrons. The molecule has 0 bridgehead atoms. The second kappa shape index (κ2) is 5.62. The Kier molecular flexibility index (Phi) is 3.58. The van der Waals surface area contributed by atoms with Gasteiger partial charge in [-0.15, -0.1) is 0 Å². The average molecular weight is 315 g/mol. The van der Waals surface area contributed by atoms with Gasteiger partial charge in [-0.25, -0.2) is 4.79 Å². The van der Waals surface area contributed by atoms with Crippen LogP contribution in [0.4, 0.5) is 0 Å². The quantitative estimate of drug-likeness (QED) is 0.650. The van der Waals surface area contributed by atoms with Gasteiger partial charge >= 0.3 is 5.97 Å². The van der Waals surface area contributed by atoms with E-state index in [-0.39, 0.29) is 17.9 Å². The number of carboxylic acid groups (broad SMARTS) is 1. The third kappa shape index (κ3) is 2.52. The monoisotopic (exact) mass is 315 g/mol. The lowest BCUT2D eigenvalue weighted by molar-refractivity contribution is -0.126. The van der Waals surface area contributed by atoms with E-state index in [1.807, 2.05) is 12.1 Å². The zero-order valence-electron chi connectivity index (χ0n) is 12.8. The molecule has 1 aliphatic carbocycles. The lowest BCUT2D eigenvalue weighted by Crippen LogP contribution is -2.55. The molecule has 5 atom stereocenters. The van der Waals surface area contributed by atoms with Crippen molar-refractivity contribution in [3.63, 3.8) is 0 Å². The summed E-state index contributed by atoms with van der Waals surface area (Å²) in [7, 11) is 0. The van der Waals surface area contributed by atoms with E-state index in [1.54, 1.807) is 12.1 Å². The molecule has 0 spiro atoms. The molecule has 0 aromatic heterocycles. The largest absolute Gasteiger partial charge is 0.478 e. The standard InChI is InChI=1S/C17H21N3O3/c21-16-6-12(10-3-1-2-4-11(10)17(22)23)13-5-9-8-18-20-14(9)7-15(13)19-16/h1-4,9,12-15,18,20H,5-8H2,(H,19,21)(H,22,23). The molecule has 5 unspecified atom stereocenters. The number of carboxylic acids is 1. The number of fused-ring (bicyclic) bond motifs is 2. The van der Waals surface area contributed by atoms with E-state index in [0.717, 1.165) is 24.9 Å². The first-order valence-electron chi connectivity index (χ1n) is 8.23. The molecule has 0 radical (unpaired) electrons. The molecule has 23 heavy (non-hydrogen) atoms. The van der Waals surface area contributed by atoms with E-state index in [4.69, 9.17) is 0 Å². The van der Waals surface area contributed by atoms with E-state index in [9.17, 15) is 14.7 Å². The molecule has 4 rings (SSSR count). The summed E-state index contributed by atoms with van der Waals surface area (Å²) in [5.74, 6) is -0.0497. The number of carbonyl (C=O) groups is 2. The number of piperidine rings is 1. The van der Waals surface area contributed by atoms with E-state index >= 15 is 0 Å². The highest BCUT2D eigenvalue weighted by atomic mass is 16.4.